The van der Waals surface area contributed by atoms with Gasteiger partial charge in [0.25, 0.3) is 0 Å². The molecule has 1 aromatic heterocycles. The lowest BCUT2D eigenvalue weighted by atomic mass is 9.74. The van der Waals surface area contributed by atoms with Crippen LogP contribution in [0.25, 0.3) is 0 Å². The van der Waals surface area contributed by atoms with Crippen molar-refractivity contribution in [2.24, 2.45) is 4.99 Å². The highest BCUT2D eigenvalue weighted by Crippen LogP contribution is 2.42. The lowest BCUT2D eigenvalue weighted by molar-refractivity contribution is 0.111. The molecule has 2 aromatic rings. The molecule has 0 amide bonds. The zero-order valence-corrected chi connectivity index (χ0v) is 14.2. The Hall–Kier alpha value is -2.40. The maximum absolute atomic E-state index is 11.4. The number of aromatic nitrogens is 1. The number of fused-ring (bicyclic) bond motifs is 3. The van der Waals surface area contributed by atoms with E-state index >= 15 is 0 Å². The van der Waals surface area contributed by atoms with Crippen molar-refractivity contribution in [1.29, 1.82) is 0 Å². The van der Waals surface area contributed by atoms with Crippen LogP contribution in [0.4, 0.5) is 0 Å². The number of pyridine rings is 1. The Morgan fingerprint density at radius 2 is 2.16 bits per heavy atom. The fourth-order valence-corrected chi connectivity index (χ4v) is 3.96. The van der Waals surface area contributed by atoms with Crippen LogP contribution in [0.1, 0.15) is 48.8 Å². The second-order valence-electron chi connectivity index (χ2n) is 6.74. The van der Waals surface area contributed by atoms with Crippen molar-refractivity contribution in [2.75, 3.05) is 6.61 Å². The van der Waals surface area contributed by atoms with Gasteiger partial charge in [0.15, 0.2) is 0 Å². The van der Waals surface area contributed by atoms with Crippen molar-refractivity contribution in [3.05, 3.63) is 63.6 Å². The van der Waals surface area contributed by atoms with E-state index in [1.807, 2.05) is 25.1 Å². The van der Waals surface area contributed by atoms with Crippen LogP contribution >= 0.6 is 0 Å². The molecule has 0 spiro atoms. The number of aliphatic hydroxyl groups is 1. The third kappa shape index (κ3) is 3.00. The van der Waals surface area contributed by atoms with Crippen LogP contribution in [0.3, 0.4) is 0 Å². The number of nitrogens with zero attached hydrogens (tertiary/aromatic N) is 1. The van der Waals surface area contributed by atoms with Gasteiger partial charge in [-0.15, -0.1) is 0 Å². The van der Waals surface area contributed by atoms with Crippen LogP contribution in [-0.2, 0) is 0 Å². The molecule has 0 unspecified atom stereocenters. The maximum atomic E-state index is 11.4. The van der Waals surface area contributed by atoms with Gasteiger partial charge in [-0.1, -0.05) is 0 Å². The van der Waals surface area contributed by atoms with Gasteiger partial charge >= 0.3 is 0 Å². The van der Waals surface area contributed by atoms with E-state index < -0.39 is 0 Å². The van der Waals surface area contributed by atoms with Gasteiger partial charge in [-0.25, -0.2) is 0 Å². The first-order chi connectivity index (χ1) is 12.2. The topological polar surface area (TPSA) is 74.7 Å². The Morgan fingerprint density at radius 3 is 2.92 bits per heavy atom. The summed E-state index contributed by atoms with van der Waals surface area (Å²) in [6.07, 6.45) is 3.84. The minimum atomic E-state index is -0.269. The van der Waals surface area contributed by atoms with Crippen molar-refractivity contribution in [1.82, 2.24) is 4.98 Å². The third-order valence-corrected chi connectivity index (χ3v) is 5.13. The molecule has 0 bridgehead atoms. The molecule has 2 N–H and O–H groups in total. The number of benzene rings is 1. The first-order valence-electron chi connectivity index (χ1n) is 8.88. The fraction of sp³-hybridized carbons (Fsp3) is 0.400. The number of rotatable bonds is 3. The molecule has 3 atom stereocenters. The molecule has 4 rings (SSSR count). The SMILES string of the molecule is CCOc1ccc2c(c1)[C@H]1C[C@H](O)CC[C@H]1N=C2c1ccc(=O)[nH]c1. The van der Waals surface area contributed by atoms with E-state index in [2.05, 4.69) is 11.1 Å². The fourth-order valence-electron chi connectivity index (χ4n) is 3.96. The average Bonchev–Trinajstić information content (AvgIpc) is 2.62. The van der Waals surface area contributed by atoms with E-state index in [-0.39, 0.29) is 23.6 Å². The van der Waals surface area contributed by atoms with Crippen molar-refractivity contribution >= 4 is 5.71 Å². The molecular weight excluding hydrogens is 316 g/mol. The van der Waals surface area contributed by atoms with Gasteiger partial charge in [-0.05, 0) is 56.0 Å². The summed E-state index contributed by atoms with van der Waals surface area (Å²) in [6, 6.07) is 9.60. The second kappa shape index (κ2) is 6.48. The number of hydrogen-bond donors (Lipinski definition) is 2. The summed E-state index contributed by atoms with van der Waals surface area (Å²) in [5, 5.41) is 10.1. The minimum absolute atomic E-state index is 0.120. The Labute approximate surface area is 146 Å². The Bertz CT molecular complexity index is 851. The minimum Gasteiger partial charge on any atom is -0.494 e. The van der Waals surface area contributed by atoms with Crippen LogP contribution in [0.5, 0.6) is 5.75 Å². The van der Waals surface area contributed by atoms with E-state index in [9.17, 15) is 9.90 Å². The molecule has 1 aliphatic carbocycles. The summed E-state index contributed by atoms with van der Waals surface area (Å²) in [6.45, 7) is 2.59. The lowest BCUT2D eigenvalue weighted by Crippen LogP contribution is -2.34. The number of nitrogens with one attached hydrogen (secondary N) is 1. The number of H-pyrrole nitrogens is 1. The van der Waals surface area contributed by atoms with Gasteiger partial charge in [0.1, 0.15) is 5.75 Å². The van der Waals surface area contributed by atoms with E-state index in [0.717, 1.165) is 41.9 Å². The second-order valence-corrected chi connectivity index (χ2v) is 6.74. The molecule has 1 aromatic carbocycles. The monoisotopic (exact) mass is 338 g/mol. The number of ether oxygens (including phenoxy) is 1. The predicted octanol–water partition coefficient (Wildman–Crippen LogP) is 2.62. The normalized spacial score (nSPS) is 24.9. The molecule has 0 saturated heterocycles. The molecule has 130 valence electrons. The van der Waals surface area contributed by atoms with Crippen molar-refractivity contribution in [3.63, 3.8) is 0 Å². The van der Waals surface area contributed by atoms with Crippen molar-refractivity contribution < 1.29 is 9.84 Å². The summed E-state index contributed by atoms with van der Waals surface area (Å²) in [5.41, 5.74) is 3.95. The van der Waals surface area contributed by atoms with Gasteiger partial charge in [-0.2, -0.15) is 0 Å². The Morgan fingerprint density at radius 1 is 1.28 bits per heavy atom. The summed E-state index contributed by atoms with van der Waals surface area (Å²) in [7, 11) is 0. The average molecular weight is 338 g/mol. The van der Waals surface area contributed by atoms with E-state index in [1.165, 1.54) is 11.6 Å². The quantitative estimate of drug-likeness (QED) is 0.903. The van der Waals surface area contributed by atoms with Gasteiger partial charge in [0, 0.05) is 29.3 Å². The summed E-state index contributed by atoms with van der Waals surface area (Å²) < 4.78 is 5.69. The van der Waals surface area contributed by atoms with Crippen molar-refractivity contribution in [2.45, 2.75) is 44.2 Å². The zero-order chi connectivity index (χ0) is 17.4. The molecule has 1 aliphatic heterocycles. The Balaban J connectivity index is 1.83. The van der Waals surface area contributed by atoms with Crippen molar-refractivity contribution in [3.8, 4) is 5.75 Å². The highest BCUT2D eigenvalue weighted by Gasteiger charge is 2.36. The predicted molar refractivity (Wildman–Crippen MR) is 96.7 cm³/mol. The Kier molecular flexibility index (Phi) is 4.17. The number of aliphatic imine (C=N–C) groups is 1. The lowest BCUT2D eigenvalue weighted by Gasteiger charge is -2.37. The molecule has 1 saturated carbocycles. The molecule has 25 heavy (non-hydrogen) atoms. The molecule has 2 aliphatic rings. The largest absolute Gasteiger partial charge is 0.494 e. The highest BCUT2D eigenvalue weighted by molar-refractivity contribution is 6.14. The number of aromatic amines is 1. The van der Waals surface area contributed by atoms with Gasteiger partial charge in [0.2, 0.25) is 5.56 Å². The third-order valence-electron chi connectivity index (χ3n) is 5.13. The molecule has 5 heteroatoms. The standard InChI is InChI=1S/C20H22N2O3/c1-2-25-14-5-6-15-16(10-14)17-9-13(23)4-7-18(17)22-20(15)12-3-8-19(24)21-11-12/h3,5-6,8,10-11,13,17-18,23H,2,4,7,9H2,1H3,(H,21,24)/t13-,17-,18-/m1/s1. The molecular formula is C20H22N2O3. The number of hydrogen-bond acceptors (Lipinski definition) is 4. The van der Waals surface area contributed by atoms with E-state index in [4.69, 9.17) is 9.73 Å². The first-order valence-corrected chi connectivity index (χ1v) is 8.88. The van der Waals surface area contributed by atoms with Crippen LogP contribution in [0.2, 0.25) is 0 Å². The van der Waals surface area contributed by atoms with Crippen LogP contribution < -0.4 is 10.3 Å². The first kappa shape index (κ1) is 16.1. The van der Waals surface area contributed by atoms with Gasteiger partial charge < -0.3 is 14.8 Å². The van der Waals surface area contributed by atoms with Gasteiger partial charge in [0.05, 0.1) is 24.5 Å². The summed E-state index contributed by atoms with van der Waals surface area (Å²) in [5.74, 6) is 1.06. The number of aliphatic hydroxyl groups excluding tert-OH is 1. The van der Waals surface area contributed by atoms with Crippen LogP contribution in [0.15, 0.2) is 46.3 Å². The maximum Gasteiger partial charge on any atom is 0.247 e. The van der Waals surface area contributed by atoms with E-state index in [1.54, 1.807) is 6.20 Å². The molecule has 1 fully saturated rings. The van der Waals surface area contributed by atoms with Gasteiger partial charge in [-0.3, -0.25) is 9.79 Å². The van der Waals surface area contributed by atoms with Crippen LogP contribution in [0, 0.1) is 0 Å². The summed E-state index contributed by atoms with van der Waals surface area (Å²) in [4.78, 5) is 19.1. The summed E-state index contributed by atoms with van der Waals surface area (Å²) >= 11 is 0. The molecule has 5 nitrogen and oxygen atoms in total. The highest BCUT2D eigenvalue weighted by atomic mass is 16.5. The smallest absolute Gasteiger partial charge is 0.247 e. The molecule has 2 heterocycles. The van der Waals surface area contributed by atoms with Crippen LogP contribution in [-0.4, -0.2) is 34.6 Å². The molecule has 0 radical (unpaired) electrons. The van der Waals surface area contributed by atoms with E-state index in [0.29, 0.717) is 6.61 Å². The zero-order valence-electron chi connectivity index (χ0n) is 14.2.